The number of Topliss-reactive ketones (excluding diaryl/α,β-unsaturated/α-hetero) is 1. The molecule has 0 amide bonds. The summed E-state index contributed by atoms with van der Waals surface area (Å²) in [5, 5.41) is 28.3. The summed E-state index contributed by atoms with van der Waals surface area (Å²) < 4.78 is 5.15. The lowest BCUT2D eigenvalue weighted by atomic mass is 9.78. The van der Waals surface area contributed by atoms with Gasteiger partial charge >= 0.3 is 5.97 Å². The van der Waals surface area contributed by atoms with Crippen LogP contribution in [0.4, 0.5) is 0 Å². The second-order valence-corrected chi connectivity index (χ2v) is 10.9. The first-order valence-electron chi connectivity index (χ1n) is 11.3. The predicted octanol–water partition coefficient (Wildman–Crippen LogP) is 4.61. The van der Waals surface area contributed by atoms with Crippen molar-refractivity contribution in [2.75, 3.05) is 13.2 Å². The number of ether oxygens (including phenoxy) is 1. The lowest BCUT2D eigenvalue weighted by molar-refractivity contribution is -0.142. The van der Waals surface area contributed by atoms with E-state index in [0.717, 1.165) is 27.8 Å². The number of nitrogens with zero attached hydrogens (tertiary/aromatic N) is 1. The molecule has 3 rings (SSSR count). The normalized spacial score (nSPS) is 13.8. The molecule has 1 aliphatic heterocycles. The average molecular weight is 467 g/mol. The van der Waals surface area contributed by atoms with Gasteiger partial charge in [-0.3, -0.25) is 10.2 Å². The highest BCUT2D eigenvalue weighted by Crippen LogP contribution is 2.40. The number of rotatable bonds is 7. The van der Waals surface area contributed by atoms with E-state index < -0.39 is 5.97 Å². The third-order valence-corrected chi connectivity index (χ3v) is 5.98. The van der Waals surface area contributed by atoms with Crippen LogP contribution in [0.3, 0.4) is 0 Å². The SMILES string of the molecule is CC(C)(C)c1cc(C(=O)CN2Cc3ccc(COCC(=O)O)cc3C2=N)cc(C(C)(C)C)c1O. The predicted molar refractivity (Wildman–Crippen MR) is 131 cm³/mol. The zero-order valence-corrected chi connectivity index (χ0v) is 20.8. The minimum Gasteiger partial charge on any atom is -0.507 e. The number of benzene rings is 2. The van der Waals surface area contributed by atoms with Crippen molar-refractivity contribution in [1.82, 2.24) is 4.90 Å². The quantitative estimate of drug-likeness (QED) is 0.514. The molecule has 7 heteroatoms. The van der Waals surface area contributed by atoms with Crippen LogP contribution in [0.1, 0.15) is 79.7 Å². The Morgan fingerprint density at radius 3 is 2.15 bits per heavy atom. The van der Waals surface area contributed by atoms with E-state index in [1.54, 1.807) is 17.0 Å². The van der Waals surface area contributed by atoms with Gasteiger partial charge in [0, 0.05) is 28.8 Å². The van der Waals surface area contributed by atoms with E-state index in [2.05, 4.69) is 0 Å². The highest BCUT2D eigenvalue weighted by Gasteiger charge is 2.30. The van der Waals surface area contributed by atoms with Gasteiger partial charge < -0.3 is 19.8 Å². The molecule has 0 unspecified atom stereocenters. The number of hydrogen-bond acceptors (Lipinski definition) is 5. The van der Waals surface area contributed by atoms with Crippen LogP contribution in [0.2, 0.25) is 0 Å². The number of hydrogen-bond donors (Lipinski definition) is 3. The molecule has 2 aromatic carbocycles. The lowest BCUT2D eigenvalue weighted by Gasteiger charge is -2.28. The van der Waals surface area contributed by atoms with Crippen LogP contribution in [0.15, 0.2) is 30.3 Å². The molecule has 0 radical (unpaired) electrons. The van der Waals surface area contributed by atoms with E-state index in [1.807, 2.05) is 59.7 Å². The van der Waals surface area contributed by atoms with Crippen molar-refractivity contribution in [1.29, 1.82) is 5.41 Å². The summed E-state index contributed by atoms with van der Waals surface area (Å²) in [6.07, 6.45) is 0. The van der Waals surface area contributed by atoms with Crippen molar-refractivity contribution in [3.8, 4) is 5.75 Å². The number of nitrogens with one attached hydrogen (secondary N) is 1. The van der Waals surface area contributed by atoms with Gasteiger partial charge in [0.25, 0.3) is 0 Å². The zero-order chi connectivity index (χ0) is 25.4. The van der Waals surface area contributed by atoms with Crippen LogP contribution in [0.5, 0.6) is 5.75 Å². The Morgan fingerprint density at radius 2 is 1.62 bits per heavy atom. The molecular weight excluding hydrogens is 432 g/mol. The third kappa shape index (κ3) is 5.47. The monoisotopic (exact) mass is 466 g/mol. The fraction of sp³-hybridized carbons (Fsp3) is 0.444. The highest BCUT2D eigenvalue weighted by atomic mass is 16.5. The molecule has 0 saturated carbocycles. The van der Waals surface area contributed by atoms with E-state index in [9.17, 15) is 14.7 Å². The summed E-state index contributed by atoms with van der Waals surface area (Å²) in [5.74, 6) is -0.652. The molecule has 0 spiro atoms. The molecule has 0 bridgehead atoms. The second kappa shape index (κ2) is 9.22. The number of fused-ring (bicyclic) bond motifs is 1. The van der Waals surface area contributed by atoms with Crippen LogP contribution in [-0.4, -0.2) is 45.9 Å². The van der Waals surface area contributed by atoms with Gasteiger partial charge in [-0.05, 0) is 40.2 Å². The first kappa shape index (κ1) is 25.4. The van der Waals surface area contributed by atoms with Gasteiger partial charge in [-0.1, -0.05) is 53.7 Å². The fourth-order valence-corrected chi connectivity index (χ4v) is 4.12. The number of amidine groups is 1. The van der Waals surface area contributed by atoms with Crippen LogP contribution < -0.4 is 0 Å². The number of ketones is 1. The lowest BCUT2D eigenvalue weighted by Crippen LogP contribution is -2.30. The van der Waals surface area contributed by atoms with E-state index in [-0.39, 0.29) is 48.0 Å². The maximum atomic E-state index is 13.3. The molecule has 182 valence electrons. The number of phenolic OH excluding ortho intramolecular Hbond substituents is 1. The maximum Gasteiger partial charge on any atom is 0.329 e. The summed E-state index contributed by atoms with van der Waals surface area (Å²) in [6, 6.07) is 9.11. The molecule has 7 nitrogen and oxygen atoms in total. The summed E-state index contributed by atoms with van der Waals surface area (Å²) in [5.41, 5.74) is 3.76. The summed E-state index contributed by atoms with van der Waals surface area (Å²) in [6.45, 7) is 12.3. The Labute approximate surface area is 200 Å². The maximum absolute atomic E-state index is 13.3. The first-order chi connectivity index (χ1) is 15.7. The van der Waals surface area contributed by atoms with Crippen molar-refractivity contribution in [2.45, 2.75) is 65.5 Å². The van der Waals surface area contributed by atoms with Crippen molar-refractivity contribution < 1.29 is 24.5 Å². The Bertz CT molecular complexity index is 1100. The number of carboxylic acid groups (broad SMARTS) is 1. The van der Waals surface area contributed by atoms with Gasteiger partial charge in [-0.2, -0.15) is 0 Å². The van der Waals surface area contributed by atoms with Crippen molar-refractivity contribution in [3.05, 3.63) is 63.7 Å². The number of aromatic hydroxyl groups is 1. The zero-order valence-electron chi connectivity index (χ0n) is 20.8. The molecule has 1 heterocycles. The molecule has 2 aromatic rings. The number of phenols is 1. The summed E-state index contributed by atoms with van der Waals surface area (Å²) >= 11 is 0. The molecule has 0 atom stereocenters. The van der Waals surface area contributed by atoms with Gasteiger partial charge in [0.2, 0.25) is 0 Å². The van der Waals surface area contributed by atoms with Gasteiger partial charge in [0.15, 0.2) is 5.78 Å². The summed E-state index contributed by atoms with van der Waals surface area (Å²) in [7, 11) is 0. The van der Waals surface area contributed by atoms with Gasteiger partial charge in [-0.25, -0.2) is 4.79 Å². The third-order valence-electron chi connectivity index (χ3n) is 5.98. The van der Waals surface area contributed by atoms with Gasteiger partial charge in [0.1, 0.15) is 18.2 Å². The molecule has 1 aliphatic rings. The number of aliphatic carboxylic acids is 1. The minimum absolute atomic E-state index is 0.0519. The number of carboxylic acids is 1. The second-order valence-electron chi connectivity index (χ2n) is 10.9. The Balaban J connectivity index is 1.83. The number of carbonyl (C=O) groups excluding carboxylic acids is 1. The molecule has 0 aliphatic carbocycles. The van der Waals surface area contributed by atoms with Crippen molar-refractivity contribution >= 4 is 17.6 Å². The molecule has 0 fully saturated rings. The van der Waals surface area contributed by atoms with Crippen LogP contribution in [-0.2, 0) is 33.5 Å². The number of carbonyl (C=O) groups is 2. The van der Waals surface area contributed by atoms with Crippen molar-refractivity contribution in [3.63, 3.8) is 0 Å². The smallest absolute Gasteiger partial charge is 0.329 e. The first-order valence-corrected chi connectivity index (χ1v) is 11.3. The average Bonchev–Trinajstić information content (AvgIpc) is 3.01. The molecule has 3 N–H and O–H groups in total. The minimum atomic E-state index is -1.03. The standard InChI is InChI=1S/C27H34N2O5/c1-26(2,3)20-10-18(11-21(24(20)33)27(4,5)6)22(30)13-29-12-17-8-7-16(9-19(17)25(29)28)14-34-15-23(31)32/h7-11,28,33H,12-15H2,1-6H3,(H,31,32). The van der Waals surface area contributed by atoms with Gasteiger partial charge in [0.05, 0.1) is 13.2 Å². The van der Waals surface area contributed by atoms with Crippen LogP contribution in [0.25, 0.3) is 0 Å². The van der Waals surface area contributed by atoms with E-state index >= 15 is 0 Å². The fourth-order valence-electron chi connectivity index (χ4n) is 4.12. The largest absolute Gasteiger partial charge is 0.507 e. The molecule has 34 heavy (non-hydrogen) atoms. The topological polar surface area (TPSA) is 111 Å². The molecule has 0 saturated heterocycles. The molecule has 0 aromatic heterocycles. The Hall–Kier alpha value is -3.19. The molecular formula is C27H34N2O5. The van der Waals surface area contributed by atoms with Crippen LogP contribution >= 0.6 is 0 Å². The van der Waals surface area contributed by atoms with Crippen LogP contribution in [0, 0.1) is 5.41 Å². The Morgan fingerprint density at radius 1 is 1.03 bits per heavy atom. The van der Waals surface area contributed by atoms with E-state index in [0.29, 0.717) is 12.1 Å². The Kier molecular flexibility index (Phi) is 6.90. The van der Waals surface area contributed by atoms with Gasteiger partial charge in [-0.15, -0.1) is 0 Å². The highest BCUT2D eigenvalue weighted by molar-refractivity contribution is 6.05. The van der Waals surface area contributed by atoms with E-state index in [1.165, 1.54) is 0 Å². The van der Waals surface area contributed by atoms with E-state index in [4.69, 9.17) is 15.3 Å². The summed E-state index contributed by atoms with van der Waals surface area (Å²) in [4.78, 5) is 25.7. The van der Waals surface area contributed by atoms with Crippen molar-refractivity contribution in [2.24, 2.45) is 0 Å².